The van der Waals surface area contributed by atoms with E-state index in [0.717, 1.165) is 30.2 Å². The van der Waals surface area contributed by atoms with Crippen molar-refractivity contribution < 1.29 is 4.74 Å². The van der Waals surface area contributed by atoms with Crippen molar-refractivity contribution in [2.24, 2.45) is 0 Å². The first-order valence-electron chi connectivity index (χ1n) is 4.83. The predicted molar refractivity (Wildman–Crippen MR) is 56.3 cm³/mol. The van der Waals surface area contributed by atoms with Crippen LogP contribution >= 0.6 is 0 Å². The van der Waals surface area contributed by atoms with Crippen molar-refractivity contribution in [3.05, 3.63) is 17.6 Å². The lowest BCUT2D eigenvalue weighted by Gasteiger charge is -2.06. The van der Waals surface area contributed by atoms with Gasteiger partial charge < -0.3 is 10.1 Å². The van der Waals surface area contributed by atoms with Crippen LogP contribution in [-0.4, -0.2) is 24.1 Å². The molecule has 0 bridgehead atoms. The fourth-order valence-corrected chi connectivity index (χ4v) is 1.26. The Balaban J connectivity index is 2.88. The van der Waals surface area contributed by atoms with E-state index < -0.39 is 0 Å². The van der Waals surface area contributed by atoms with Gasteiger partial charge in [0.15, 0.2) is 5.82 Å². The molecule has 1 aromatic heterocycles. The molecule has 0 aliphatic heterocycles. The lowest BCUT2D eigenvalue weighted by Crippen LogP contribution is -2.04. The van der Waals surface area contributed by atoms with Crippen LogP contribution in [0.15, 0.2) is 6.07 Å². The van der Waals surface area contributed by atoms with Gasteiger partial charge >= 0.3 is 0 Å². The van der Waals surface area contributed by atoms with Gasteiger partial charge in [-0.25, -0.2) is 9.97 Å². The number of hydrogen-bond acceptors (Lipinski definition) is 4. The van der Waals surface area contributed by atoms with Gasteiger partial charge in [-0.1, -0.05) is 13.3 Å². The molecule has 1 rings (SSSR count). The summed E-state index contributed by atoms with van der Waals surface area (Å²) in [6.07, 6.45) is 2.07. The zero-order valence-corrected chi connectivity index (χ0v) is 9.00. The number of aryl methyl sites for hydroxylation is 1. The summed E-state index contributed by atoms with van der Waals surface area (Å²) in [6.45, 7) is 2.60. The highest BCUT2D eigenvalue weighted by Gasteiger charge is 2.02. The van der Waals surface area contributed by atoms with Crippen molar-refractivity contribution in [3.8, 4) is 0 Å². The Labute approximate surface area is 84.7 Å². The number of ether oxygens (including phenoxy) is 1. The quantitative estimate of drug-likeness (QED) is 0.775. The first-order chi connectivity index (χ1) is 6.80. The lowest BCUT2D eigenvalue weighted by molar-refractivity contribution is 0.177. The second kappa shape index (κ2) is 5.54. The minimum atomic E-state index is 0.465. The van der Waals surface area contributed by atoms with Gasteiger partial charge in [-0.2, -0.15) is 0 Å². The number of aromatic nitrogens is 2. The molecule has 0 amide bonds. The molecular weight excluding hydrogens is 178 g/mol. The highest BCUT2D eigenvalue weighted by Crippen LogP contribution is 2.08. The molecule has 0 saturated heterocycles. The van der Waals surface area contributed by atoms with Crippen LogP contribution < -0.4 is 5.32 Å². The monoisotopic (exact) mass is 195 g/mol. The molecule has 1 N–H and O–H groups in total. The van der Waals surface area contributed by atoms with E-state index >= 15 is 0 Å². The Bertz CT molecular complexity index is 264. The summed E-state index contributed by atoms with van der Waals surface area (Å²) in [7, 11) is 3.50. The summed E-state index contributed by atoms with van der Waals surface area (Å²) in [6, 6.07) is 1.97. The summed E-state index contributed by atoms with van der Waals surface area (Å²) in [5.74, 6) is 1.60. The molecule has 0 radical (unpaired) electrons. The summed E-state index contributed by atoms with van der Waals surface area (Å²) in [5.41, 5.74) is 1.07. The SMILES string of the molecule is CCCc1cc(NC)nc(COC)n1. The van der Waals surface area contributed by atoms with Gasteiger partial charge in [-0.3, -0.25) is 0 Å². The second-order valence-electron chi connectivity index (χ2n) is 3.09. The van der Waals surface area contributed by atoms with Crippen LogP contribution in [0.2, 0.25) is 0 Å². The maximum Gasteiger partial charge on any atom is 0.156 e. The standard InChI is InChI=1S/C10H17N3O/c1-4-5-8-6-9(11-2)13-10(12-8)7-14-3/h6H,4-5,7H2,1-3H3,(H,11,12,13). The Morgan fingerprint density at radius 2 is 2.21 bits per heavy atom. The zero-order chi connectivity index (χ0) is 10.4. The van der Waals surface area contributed by atoms with Gasteiger partial charge in [0.05, 0.1) is 0 Å². The van der Waals surface area contributed by atoms with E-state index in [-0.39, 0.29) is 0 Å². The molecule has 0 aliphatic carbocycles. The zero-order valence-electron chi connectivity index (χ0n) is 9.00. The van der Waals surface area contributed by atoms with E-state index in [4.69, 9.17) is 4.74 Å². The number of methoxy groups -OCH3 is 1. The van der Waals surface area contributed by atoms with E-state index in [1.807, 2.05) is 13.1 Å². The molecule has 0 fully saturated rings. The third kappa shape index (κ3) is 2.96. The number of nitrogens with zero attached hydrogens (tertiary/aromatic N) is 2. The first-order valence-corrected chi connectivity index (χ1v) is 4.83. The van der Waals surface area contributed by atoms with Gasteiger partial charge in [-0.05, 0) is 6.42 Å². The minimum Gasteiger partial charge on any atom is -0.377 e. The van der Waals surface area contributed by atoms with Gasteiger partial charge in [0.1, 0.15) is 12.4 Å². The van der Waals surface area contributed by atoms with Crippen molar-refractivity contribution in [1.82, 2.24) is 9.97 Å². The average Bonchev–Trinajstić information content (AvgIpc) is 2.18. The summed E-state index contributed by atoms with van der Waals surface area (Å²) in [5, 5.41) is 3.02. The van der Waals surface area contributed by atoms with Crippen molar-refractivity contribution >= 4 is 5.82 Å². The third-order valence-electron chi connectivity index (χ3n) is 1.86. The van der Waals surface area contributed by atoms with Crippen LogP contribution in [0.3, 0.4) is 0 Å². The van der Waals surface area contributed by atoms with Crippen LogP contribution in [0.4, 0.5) is 5.82 Å². The normalized spacial score (nSPS) is 10.2. The highest BCUT2D eigenvalue weighted by molar-refractivity contribution is 5.35. The first kappa shape index (κ1) is 10.9. The van der Waals surface area contributed by atoms with Crippen molar-refractivity contribution in [2.45, 2.75) is 26.4 Å². The van der Waals surface area contributed by atoms with E-state index in [1.165, 1.54) is 0 Å². The fourth-order valence-electron chi connectivity index (χ4n) is 1.26. The summed E-state index contributed by atoms with van der Waals surface area (Å²) >= 11 is 0. The van der Waals surface area contributed by atoms with E-state index in [0.29, 0.717) is 6.61 Å². The number of anilines is 1. The van der Waals surface area contributed by atoms with Crippen LogP contribution in [0.25, 0.3) is 0 Å². The molecule has 0 unspecified atom stereocenters. The molecule has 0 aromatic carbocycles. The van der Waals surface area contributed by atoms with E-state index in [9.17, 15) is 0 Å². The molecule has 0 spiro atoms. The molecule has 1 aromatic rings. The number of hydrogen-bond donors (Lipinski definition) is 1. The molecular formula is C10H17N3O. The Morgan fingerprint density at radius 3 is 2.79 bits per heavy atom. The fraction of sp³-hybridized carbons (Fsp3) is 0.600. The smallest absolute Gasteiger partial charge is 0.156 e. The van der Waals surface area contributed by atoms with Crippen molar-refractivity contribution in [2.75, 3.05) is 19.5 Å². The number of rotatable bonds is 5. The maximum atomic E-state index is 5.01. The molecule has 14 heavy (non-hydrogen) atoms. The molecule has 4 heteroatoms. The van der Waals surface area contributed by atoms with Gasteiger partial charge in [0.25, 0.3) is 0 Å². The Hall–Kier alpha value is -1.16. The summed E-state index contributed by atoms with van der Waals surface area (Å²) < 4.78 is 5.01. The second-order valence-corrected chi connectivity index (χ2v) is 3.09. The minimum absolute atomic E-state index is 0.465. The molecule has 4 nitrogen and oxygen atoms in total. The Kier molecular flexibility index (Phi) is 4.32. The molecule has 0 aliphatic rings. The van der Waals surface area contributed by atoms with Gasteiger partial charge in [0.2, 0.25) is 0 Å². The predicted octanol–water partition coefficient (Wildman–Crippen LogP) is 1.62. The van der Waals surface area contributed by atoms with Crippen molar-refractivity contribution in [3.63, 3.8) is 0 Å². The van der Waals surface area contributed by atoms with Gasteiger partial charge in [0, 0.05) is 25.9 Å². The van der Waals surface area contributed by atoms with Gasteiger partial charge in [-0.15, -0.1) is 0 Å². The van der Waals surface area contributed by atoms with Crippen LogP contribution in [0, 0.1) is 0 Å². The largest absolute Gasteiger partial charge is 0.377 e. The van der Waals surface area contributed by atoms with Crippen molar-refractivity contribution in [1.29, 1.82) is 0 Å². The average molecular weight is 195 g/mol. The number of nitrogens with one attached hydrogen (secondary N) is 1. The third-order valence-corrected chi connectivity index (χ3v) is 1.86. The summed E-state index contributed by atoms with van der Waals surface area (Å²) in [4.78, 5) is 8.66. The highest BCUT2D eigenvalue weighted by atomic mass is 16.5. The molecule has 1 heterocycles. The maximum absolute atomic E-state index is 5.01. The molecule has 0 saturated carbocycles. The molecule has 0 atom stereocenters. The lowest BCUT2D eigenvalue weighted by atomic mass is 10.2. The Morgan fingerprint density at radius 1 is 1.43 bits per heavy atom. The van der Waals surface area contributed by atoms with Crippen LogP contribution in [0.5, 0.6) is 0 Å². The van der Waals surface area contributed by atoms with Crippen LogP contribution in [0.1, 0.15) is 24.9 Å². The molecule has 78 valence electrons. The topological polar surface area (TPSA) is 47.0 Å². The van der Waals surface area contributed by atoms with E-state index in [2.05, 4.69) is 22.2 Å². The van der Waals surface area contributed by atoms with E-state index in [1.54, 1.807) is 7.11 Å². The van der Waals surface area contributed by atoms with Crippen LogP contribution in [-0.2, 0) is 17.8 Å².